The second-order valence-corrected chi connectivity index (χ2v) is 9.27. The van der Waals surface area contributed by atoms with Crippen LogP contribution in [0.1, 0.15) is 73.9 Å². The van der Waals surface area contributed by atoms with Crippen LogP contribution >= 0.6 is 0 Å². The molecule has 0 bridgehead atoms. The van der Waals surface area contributed by atoms with E-state index in [0.29, 0.717) is 35.7 Å². The molecule has 7 nitrogen and oxygen atoms in total. The average molecular weight is 490 g/mol. The minimum Gasteiger partial charge on any atom is -0.387 e. The van der Waals surface area contributed by atoms with Crippen LogP contribution in [0.5, 0.6) is 0 Å². The van der Waals surface area contributed by atoms with Crippen molar-refractivity contribution in [3.8, 4) is 0 Å². The van der Waals surface area contributed by atoms with Crippen LogP contribution < -0.4 is 16.8 Å². The number of benzene rings is 2. The Morgan fingerprint density at radius 1 is 1.03 bits per heavy atom. The summed E-state index contributed by atoms with van der Waals surface area (Å²) in [5.41, 5.74) is 16.2. The van der Waals surface area contributed by atoms with E-state index in [2.05, 4.69) is 30.2 Å². The van der Waals surface area contributed by atoms with Crippen molar-refractivity contribution in [2.24, 2.45) is 16.5 Å². The standard InChI is InChI=1S/C29H39N5O2/c1-3-15-34(16-4-2)29(36)24-18-22-12-13-23(19-26(22)33-27(31)20-24)28(35)32-25-11-8-10-21(17-25)9-6-5-7-14-30/h8,10-13,17-19H,3-7,9,14-16,20,30H2,1-2H3,(H2,31,33)(H,32,35). The molecule has 0 fully saturated rings. The summed E-state index contributed by atoms with van der Waals surface area (Å²) in [5, 5.41) is 2.99. The lowest BCUT2D eigenvalue weighted by atomic mass is 10.0. The summed E-state index contributed by atoms with van der Waals surface area (Å²) in [6.07, 6.45) is 8.10. The predicted octanol–water partition coefficient (Wildman–Crippen LogP) is 5.03. The van der Waals surface area contributed by atoms with Gasteiger partial charge in [-0.15, -0.1) is 0 Å². The molecule has 1 aliphatic heterocycles. The number of aryl methyl sites for hydroxylation is 1. The Morgan fingerprint density at radius 2 is 1.81 bits per heavy atom. The molecule has 0 aromatic heterocycles. The van der Waals surface area contributed by atoms with Crippen LogP contribution in [0.15, 0.2) is 53.0 Å². The summed E-state index contributed by atoms with van der Waals surface area (Å²) < 4.78 is 0. The Labute approximate surface area is 214 Å². The summed E-state index contributed by atoms with van der Waals surface area (Å²) in [4.78, 5) is 32.6. The zero-order valence-electron chi connectivity index (χ0n) is 21.6. The number of fused-ring (bicyclic) bond motifs is 1. The van der Waals surface area contributed by atoms with Crippen LogP contribution in [-0.4, -0.2) is 42.2 Å². The highest BCUT2D eigenvalue weighted by Crippen LogP contribution is 2.29. The Morgan fingerprint density at radius 3 is 2.53 bits per heavy atom. The molecule has 0 aliphatic carbocycles. The zero-order chi connectivity index (χ0) is 25.9. The molecule has 0 unspecified atom stereocenters. The largest absolute Gasteiger partial charge is 0.387 e. The normalized spacial score (nSPS) is 12.8. The lowest BCUT2D eigenvalue weighted by Crippen LogP contribution is -2.34. The SMILES string of the molecule is CCCN(CCC)C(=O)C1=Cc2ccc(C(=O)Nc3cccc(CCCCCN)c3)cc2N=C(N)C1. The smallest absolute Gasteiger partial charge is 0.255 e. The summed E-state index contributed by atoms with van der Waals surface area (Å²) in [6, 6.07) is 13.3. The molecule has 2 aromatic rings. The second-order valence-electron chi connectivity index (χ2n) is 9.27. The summed E-state index contributed by atoms with van der Waals surface area (Å²) in [7, 11) is 0. The van der Waals surface area contributed by atoms with Crippen LogP contribution in [0.4, 0.5) is 11.4 Å². The quantitative estimate of drug-likeness (QED) is 0.363. The molecule has 0 atom stereocenters. The zero-order valence-corrected chi connectivity index (χ0v) is 21.6. The molecule has 36 heavy (non-hydrogen) atoms. The molecule has 192 valence electrons. The van der Waals surface area contributed by atoms with Crippen molar-refractivity contribution in [1.29, 1.82) is 0 Å². The summed E-state index contributed by atoms with van der Waals surface area (Å²) >= 11 is 0. The van der Waals surface area contributed by atoms with Crippen molar-refractivity contribution in [3.05, 3.63) is 64.7 Å². The van der Waals surface area contributed by atoms with Gasteiger partial charge in [-0.25, -0.2) is 4.99 Å². The highest BCUT2D eigenvalue weighted by Gasteiger charge is 2.21. The fourth-order valence-corrected chi connectivity index (χ4v) is 4.39. The van der Waals surface area contributed by atoms with Gasteiger partial charge in [0.05, 0.1) is 5.69 Å². The molecule has 5 N–H and O–H groups in total. The molecule has 3 rings (SSSR count). The van der Waals surface area contributed by atoms with E-state index in [1.165, 1.54) is 5.56 Å². The number of carbonyl (C=O) groups is 2. The number of hydrogen-bond acceptors (Lipinski definition) is 5. The summed E-state index contributed by atoms with van der Waals surface area (Å²) in [5.74, 6) is 0.143. The number of amidine groups is 1. The molecule has 2 amide bonds. The number of carbonyl (C=O) groups excluding carboxylic acids is 2. The Hall–Kier alpha value is -3.45. The molecular weight excluding hydrogens is 450 g/mol. The van der Waals surface area contributed by atoms with E-state index in [-0.39, 0.29) is 18.2 Å². The number of unbranched alkanes of at least 4 members (excludes halogenated alkanes) is 2. The predicted molar refractivity (Wildman–Crippen MR) is 148 cm³/mol. The van der Waals surface area contributed by atoms with E-state index in [0.717, 1.165) is 56.3 Å². The van der Waals surface area contributed by atoms with Gasteiger partial charge in [-0.3, -0.25) is 9.59 Å². The molecule has 1 heterocycles. The Kier molecular flexibility index (Phi) is 10.2. The highest BCUT2D eigenvalue weighted by molar-refractivity contribution is 6.07. The van der Waals surface area contributed by atoms with Crippen LogP contribution in [-0.2, 0) is 11.2 Å². The van der Waals surface area contributed by atoms with Gasteiger partial charge in [-0.05, 0) is 74.6 Å². The number of aliphatic imine (C=N–C) groups is 1. The van der Waals surface area contributed by atoms with Crippen molar-refractivity contribution >= 4 is 35.1 Å². The maximum absolute atomic E-state index is 13.2. The van der Waals surface area contributed by atoms with Crippen LogP contribution in [0, 0.1) is 0 Å². The second kappa shape index (κ2) is 13.6. The first-order valence-electron chi connectivity index (χ1n) is 13.0. The van der Waals surface area contributed by atoms with Gasteiger partial charge in [0.2, 0.25) is 5.91 Å². The van der Waals surface area contributed by atoms with E-state index in [1.807, 2.05) is 35.2 Å². The minimum atomic E-state index is -0.214. The van der Waals surface area contributed by atoms with Gasteiger partial charge in [-0.1, -0.05) is 38.5 Å². The van der Waals surface area contributed by atoms with Crippen molar-refractivity contribution in [2.45, 2.75) is 58.8 Å². The average Bonchev–Trinajstić information content (AvgIpc) is 3.03. The van der Waals surface area contributed by atoms with Gasteiger partial charge in [0.25, 0.3) is 5.91 Å². The maximum Gasteiger partial charge on any atom is 0.255 e. The lowest BCUT2D eigenvalue weighted by molar-refractivity contribution is -0.127. The van der Waals surface area contributed by atoms with E-state index in [9.17, 15) is 9.59 Å². The molecule has 0 saturated carbocycles. The van der Waals surface area contributed by atoms with Gasteiger partial charge in [0.1, 0.15) is 5.84 Å². The van der Waals surface area contributed by atoms with Gasteiger partial charge >= 0.3 is 0 Å². The van der Waals surface area contributed by atoms with Gasteiger partial charge in [0, 0.05) is 41.9 Å². The number of anilines is 1. The molecule has 0 saturated heterocycles. The first-order valence-corrected chi connectivity index (χ1v) is 13.0. The van der Waals surface area contributed by atoms with Crippen molar-refractivity contribution in [1.82, 2.24) is 4.90 Å². The molecule has 0 spiro atoms. The van der Waals surface area contributed by atoms with E-state index in [1.54, 1.807) is 12.1 Å². The van der Waals surface area contributed by atoms with Crippen LogP contribution in [0.25, 0.3) is 6.08 Å². The monoisotopic (exact) mass is 489 g/mol. The fraction of sp³-hybridized carbons (Fsp3) is 0.414. The van der Waals surface area contributed by atoms with E-state index < -0.39 is 0 Å². The van der Waals surface area contributed by atoms with Gasteiger partial charge in [0.15, 0.2) is 0 Å². The first kappa shape index (κ1) is 27.1. The van der Waals surface area contributed by atoms with E-state index >= 15 is 0 Å². The molecule has 2 aromatic carbocycles. The Balaban J connectivity index is 1.76. The molecule has 1 aliphatic rings. The number of nitrogens with two attached hydrogens (primary N) is 2. The number of hydrogen-bond donors (Lipinski definition) is 3. The van der Waals surface area contributed by atoms with E-state index in [4.69, 9.17) is 11.5 Å². The molecule has 7 heteroatoms. The van der Waals surface area contributed by atoms with Crippen LogP contribution in [0.3, 0.4) is 0 Å². The molecule has 0 radical (unpaired) electrons. The number of amides is 2. The highest BCUT2D eigenvalue weighted by atomic mass is 16.2. The Bertz CT molecular complexity index is 1120. The van der Waals surface area contributed by atoms with Gasteiger partial charge < -0.3 is 21.7 Å². The number of rotatable bonds is 12. The van der Waals surface area contributed by atoms with Crippen molar-refractivity contribution < 1.29 is 9.59 Å². The first-order chi connectivity index (χ1) is 17.4. The third kappa shape index (κ3) is 7.52. The summed E-state index contributed by atoms with van der Waals surface area (Å²) in [6.45, 7) is 6.27. The van der Waals surface area contributed by atoms with Crippen LogP contribution in [0.2, 0.25) is 0 Å². The van der Waals surface area contributed by atoms with Crippen molar-refractivity contribution in [2.75, 3.05) is 25.0 Å². The third-order valence-corrected chi connectivity index (χ3v) is 6.16. The topological polar surface area (TPSA) is 114 Å². The lowest BCUT2D eigenvalue weighted by Gasteiger charge is -2.22. The third-order valence-electron chi connectivity index (χ3n) is 6.16. The fourth-order valence-electron chi connectivity index (χ4n) is 4.39. The number of nitrogens with one attached hydrogen (secondary N) is 1. The minimum absolute atomic E-state index is 0.00516. The molecular formula is C29H39N5O2. The van der Waals surface area contributed by atoms with Gasteiger partial charge in [-0.2, -0.15) is 0 Å². The number of nitrogens with zero attached hydrogens (tertiary/aromatic N) is 2. The maximum atomic E-state index is 13.2. The van der Waals surface area contributed by atoms with Crippen molar-refractivity contribution in [3.63, 3.8) is 0 Å².